The number of ketones is 1. The Morgan fingerprint density at radius 3 is 2.53 bits per heavy atom. The minimum Gasteiger partial charge on any atom is -0.399 e. The monoisotopic (exact) mass is 261 g/mol. The van der Waals surface area contributed by atoms with Gasteiger partial charge in [-0.1, -0.05) is 12.1 Å². The number of hydrogen-bond acceptors (Lipinski definition) is 2. The summed E-state index contributed by atoms with van der Waals surface area (Å²) in [4.78, 5) is 11.8. The van der Waals surface area contributed by atoms with E-state index in [9.17, 15) is 13.6 Å². The smallest absolute Gasteiger partial charge is 0.163 e. The zero-order chi connectivity index (χ0) is 13.8. The van der Waals surface area contributed by atoms with E-state index in [0.717, 1.165) is 17.7 Å². The van der Waals surface area contributed by atoms with E-state index >= 15 is 0 Å². The normalized spacial score (nSPS) is 10.4. The predicted octanol–water partition coefficient (Wildman–Crippen LogP) is 3.36. The first-order chi connectivity index (χ1) is 9.06. The molecule has 0 unspecified atom stereocenters. The second kappa shape index (κ2) is 5.61. The predicted molar refractivity (Wildman–Crippen MR) is 69.9 cm³/mol. The van der Waals surface area contributed by atoms with Gasteiger partial charge in [0.25, 0.3) is 0 Å². The van der Waals surface area contributed by atoms with Gasteiger partial charge in [-0.05, 0) is 42.3 Å². The molecule has 2 rings (SSSR count). The number of halogens is 2. The summed E-state index contributed by atoms with van der Waals surface area (Å²) in [6.45, 7) is 0. The van der Waals surface area contributed by atoms with Crippen LogP contribution in [0.1, 0.15) is 22.3 Å². The molecule has 0 saturated heterocycles. The molecule has 2 N–H and O–H groups in total. The summed E-state index contributed by atoms with van der Waals surface area (Å²) < 4.78 is 25.8. The summed E-state index contributed by atoms with van der Waals surface area (Å²) >= 11 is 0. The molecule has 0 saturated carbocycles. The lowest BCUT2D eigenvalue weighted by atomic mass is 10.0. The minimum absolute atomic E-state index is 0.183. The standard InChI is InChI=1S/C15H13F2NO/c16-13-6-5-11(9-14(13)17)15(19)7-4-10-2-1-3-12(18)8-10/h1-3,5-6,8-9H,4,7,18H2. The molecule has 0 atom stereocenters. The van der Waals surface area contributed by atoms with Crippen LogP contribution in [0.3, 0.4) is 0 Å². The molecule has 2 aromatic rings. The second-order valence-corrected chi connectivity index (χ2v) is 4.30. The van der Waals surface area contributed by atoms with Gasteiger partial charge >= 0.3 is 0 Å². The van der Waals surface area contributed by atoms with Gasteiger partial charge in [0.05, 0.1) is 0 Å². The van der Waals surface area contributed by atoms with Gasteiger partial charge < -0.3 is 5.73 Å². The van der Waals surface area contributed by atoms with Gasteiger partial charge in [0.2, 0.25) is 0 Å². The molecule has 4 heteroatoms. The fourth-order valence-corrected chi connectivity index (χ4v) is 1.82. The van der Waals surface area contributed by atoms with Gasteiger partial charge in [0.15, 0.2) is 17.4 Å². The van der Waals surface area contributed by atoms with Crippen LogP contribution in [0.4, 0.5) is 14.5 Å². The van der Waals surface area contributed by atoms with Gasteiger partial charge in [-0.15, -0.1) is 0 Å². The van der Waals surface area contributed by atoms with Gasteiger partial charge in [0, 0.05) is 17.7 Å². The molecule has 98 valence electrons. The van der Waals surface area contributed by atoms with Gasteiger partial charge in [0.1, 0.15) is 0 Å². The van der Waals surface area contributed by atoms with Crippen molar-refractivity contribution >= 4 is 11.5 Å². The lowest BCUT2D eigenvalue weighted by Crippen LogP contribution is -2.02. The van der Waals surface area contributed by atoms with Crippen molar-refractivity contribution in [2.24, 2.45) is 0 Å². The highest BCUT2D eigenvalue weighted by Crippen LogP contribution is 2.13. The van der Waals surface area contributed by atoms with Crippen molar-refractivity contribution in [2.75, 3.05) is 5.73 Å². The van der Waals surface area contributed by atoms with E-state index in [0.29, 0.717) is 12.1 Å². The number of anilines is 1. The third kappa shape index (κ3) is 3.37. The Morgan fingerprint density at radius 1 is 1.05 bits per heavy atom. The minimum atomic E-state index is -1.00. The Labute approximate surface area is 109 Å². The first-order valence-electron chi connectivity index (χ1n) is 5.89. The SMILES string of the molecule is Nc1cccc(CCC(=O)c2ccc(F)c(F)c2)c1. The number of nitrogens with two attached hydrogens (primary N) is 1. The summed E-state index contributed by atoms with van der Waals surface area (Å²) in [5, 5.41) is 0. The Bertz CT molecular complexity index is 611. The average molecular weight is 261 g/mol. The molecule has 0 aliphatic rings. The molecular weight excluding hydrogens is 248 g/mol. The van der Waals surface area contributed by atoms with Crippen LogP contribution in [0.5, 0.6) is 0 Å². The molecule has 0 bridgehead atoms. The van der Waals surface area contributed by atoms with Crippen LogP contribution in [0.15, 0.2) is 42.5 Å². The van der Waals surface area contributed by atoms with Crippen molar-refractivity contribution in [3.63, 3.8) is 0 Å². The zero-order valence-corrected chi connectivity index (χ0v) is 10.2. The maximum absolute atomic E-state index is 13.0. The molecule has 0 aromatic heterocycles. The van der Waals surface area contributed by atoms with Crippen LogP contribution < -0.4 is 5.73 Å². The van der Waals surface area contributed by atoms with E-state index in [1.807, 2.05) is 12.1 Å². The van der Waals surface area contributed by atoms with Crippen LogP contribution in [-0.2, 0) is 6.42 Å². The van der Waals surface area contributed by atoms with Gasteiger partial charge in [-0.2, -0.15) is 0 Å². The highest BCUT2D eigenvalue weighted by molar-refractivity contribution is 5.96. The van der Waals surface area contributed by atoms with Gasteiger partial charge in [-0.25, -0.2) is 8.78 Å². The maximum atomic E-state index is 13.0. The molecule has 0 aliphatic carbocycles. The van der Waals surface area contributed by atoms with Crippen molar-refractivity contribution in [3.05, 3.63) is 65.2 Å². The molecule has 0 radical (unpaired) electrons. The van der Waals surface area contributed by atoms with E-state index in [1.165, 1.54) is 6.07 Å². The van der Waals surface area contributed by atoms with Crippen LogP contribution in [-0.4, -0.2) is 5.78 Å². The molecule has 0 spiro atoms. The number of nitrogen functional groups attached to an aromatic ring is 1. The Kier molecular flexibility index (Phi) is 3.90. The van der Waals surface area contributed by atoms with Crippen LogP contribution >= 0.6 is 0 Å². The molecule has 0 aliphatic heterocycles. The highest BCUT2D eigenvalue weighted by Gasteiger charge is 2.10. The van der Waals surface area contributed by atoms with E-state index in [1.54, 1.807) is 12.1 Å². The van der Waals surface area contributed by atoms with Crippen molar-refractivity contribution in [2.45, 2.75) is 12.8 Å². The number of aryl methyl sites for hydroxylation is 1. The lowest BCUT2D eigenvalue weighted by Gasteiger charge is -2.03. The maximum Gasteiger partial charge on any atom is 0.163 e. The number of benzene rings is 2. The zero-order valence-electron chi connectivity index (χ0n) is 10.2. The summed E-state index contributed by atoms with van der Waals surface area (Å²) in [5.74, 6) is -2.18. The molecule has 0 fully saturated rings. The molecule has 0 amide bonds. The Balaban J connectivity index is 2.03. The van der Waals surface area contributed by atoms with Crippen LogP contribution in [0.2, 0.25) is 0 Å². The van der Waals surface area contributed by atoms with E-state index in [-0.39, 0.29) is 17.8 Å². The van der Waals surface area contributed by atoms with Crippen molar-refractivity contribution in [3.8, 4) is 0 Å². The number of rotatable bonds is 4. The number of carbonyl (C=O) groups excluding carboxylic acids is 1. The summed E-state index contributed by atoms with van der Waals surface area (Å²) in [5.41, 5.74) is 7.40. The van der Waals surface area contributed by atoms with Crippen LogP contribution in [0, 0.1) is 11.6 Å². The van der Waals surface area contributed by atoms with E-state index in [4.69, 9.17) is 5.73 Å². The Hall–Kier alpha value is -2.23. The number of Topliss-reactive ketones (excluding diaryl/α,β-unsaturated/α-hetero) is 1. The number of hydrogen-bond donors (Lipinski definition) is 1. The third-order valence-corrected chi connectivity index (χ3v) is 2.83. The second-order valence-electron chi connectivity index (χ2n) is 4.30. The highest BCUT2D eigenvalue weighted by atomic mass is 19.2. The summed E-state index contributed by atoms with van der Waals surface area (Å²) in [6, 6.07) is 10.4. The van der Waals surface area contributed by atoms with Crippen molar-refractivity contribution in [1.82, 2.24) is 0 Å². The first kappa shape index (κ1) is 13.2. The van der Waals surface area contributed by atoms with Gasteiger partial charge in [-0.3, -0.25) is 4.79 Å². The Morgan fingerprint density at radius 2 is 1.84 bits per heavy atom. The molecule has 0 heterocycles. The lowest BCUT2D eigenvalue weighted by molar-refractivity contribution is 0.0982. The van der Waals surface area contributed by atoms with E-state index in [2.05, 4.69) is 0 Å². The van der Waals surface area contributed by atoms with E-state index < -0.39 is 11.6 Å². The molecule has 2 nitrogen and oxygen atoms in total. The largest absolute Gasteiger partial charge is 0.399 e. The molecule has 19 heavy (non-hydrogen) atoms. The van der Waals surface area contributed by atoms with Crippen molar-refractivity contribution in [1.29, 1.82) is 0 Å². The fraction of sp³-hybridized carbons (Fsp3) is 0.133. The molecular formula is C15H13F2NO. The quantitative estimate of drug-likeness (QED) is 0.677. The fourth-order valence-electron chi connectivity index (χ4n) is 1.82. The molecule has 2 aromatic carbocycles. The number of carbonyl (C=O) groups is 1. The summed E-state index contributed by atoms with van der Waals surface area (Å²) in [6.07, 6.45) is 0.747. The van der Waals surface area contributed by atoms with Crippen molar-refractivity contribution < 1.29 is 13.6 Å². The summed E-state index contributed by atoms with van der Waals surface area (Å²) in [7, 11) is 0. The first-order valence-corrected chi connectivity index (χ1v) is 5.89. The third-order valence-electron chi connectivity index (χ3n) is 2.83. The van der Waals surface area contributed by atoms with Crippen LogP contribution in [0.25, 0.3) is 0 Å². The average Bonchev–Trinajstić information content (AvgIpc) is 2.39. The topological polar surface area (TPSA) is 43.1 Å².